The van der Waals surface area contributed by atoms with Crippen LogP contribution in [0.2, 0.25) is 5.02 Å². The summed E-state index contributed by atoms with van der Waals surface area (Å²) in [5, 5.41) is 11.7. The van der Waals surface area contributed by atoms with Gasteiger partial charge in [0.15, 0.2) is 4.80 Å². The number of halogens is 1. The monoisotopic (exact) mass is 606 g/mol. The van der Waals surface area contributed by atoms with E-state index in [2.05, 4.69) is 4.99 Å². The van der Waals surface area contributed by atoms with Crippen molar-refractivity contribution in [2.75, 3.05) is 20.2 Å². The third kappa shape index (κ3) is 5.28. The highest BCUT2D eigenvalue weighted by Gasteiger charge is 2.34. The number of ether oxygens (including phenoxy) is 1. The van der Waals surface area contributed by atoms with Crippen molar-refractivity contribution in [1.29, 1.82) is 0 Å². The maximum absolute atomic E-state index is 13.9. The van der Waals surface area contributed by atoms with Crippen molar-refractivity contribution >= 4 is 40.6 Å². The zero-order valence-corrected chi connectivity index (χ0v) is 24.9. The number of fused-ring (bicyclic) bond motifs is 1. The van der Waals surface area contributed by atoms with Crippen LogP contribution in [0.4, 0.5) is 5.69 Å². The number of nitrogens with zero attached hydrogens (tertiary/aromatic N) is 4. The van der Waals surface area contributed by atoms with Gasteiger partial charge < -0.3 is 14.1 Å². The van der Waals surface area contributed by atoms with Crippen LogP contribution in [-0.2, 0) is 4.79 Å². The van der Waals surface area contributed by atoms with Gasteiger partial charge in [-0.3, -0.25) is 24.3 Å². The van der Waals surface area contributed by atoms with Crippen LogP contribution in [0.25, 0.3) is 17.4 Å². The van der Waals surface area contributed by atoms with Crippen molar-refractivity contribution in [3.05, 3.63) is 112 Å². The number of aromatic nitrogens is 1. The lowest BCUT2D eigenvalue weighted by atomic mass is 9.94. The number of allylic oxidation sites excluding steroid dienone is 1. The predicted molar refractivity (Wildman–Crippen MR) is 160 cm³/mol. The van der Waals surface area contributed by atoms with Gasteiger partial charge in [0.25, 0.3) is 17.2 Å². The molecule has 4 aromatic rings. The van der Waals surface area contributed by atoms with E-state index in [1.54, 1.807) is 52.8 Å². The molecule has 0 aliphatic carbocycles. The third-order valence-corrected chi connectivity index (χ3v) is 8.28. The molecule has 1 atom stereocenters. The SMILES string of the molecule is CCN(CC)C(=O)C1=C(C)N=c2s/c(=C/c3ccc(-c4ccc([N+](=O)[O-])cc4OC)o3)c(=O)n2[C@H]1c1ccc(Cl)cc1. The molecule has 0 fully saturated rings. The Morgan fingerprint density at radius 3 is 2.55 bits per heavy atom. The summed E-state index contributed by atoms with van der Waals surface area (Å²) >= 11 is 7.36. The molecule has 0 N–H and O–H groups in total. The molecule has 10 nitrogen and oxygen atoms in total. The molecule has 0 unspecified atom stereocenters. The first-order valence-electron chi connectivity index (χ1n) is 13.2. The standard InChI is InChI=1S/C30H27ClN4O6S/c1-5-33(6-2)29(37)26-17(3)32-30-34(27(26)18-7-9-19(31)10-8-18)28(36)25(42-30)16-21-12-14-23(41-21)22-13-11-20(35(38)39)15-24(22)40-4/h7-16,27H,5-6H2,1-4H3/b25-16+/t27-/m0/s1. The molecule has 5 rings (SSSR count). The number of methoxy groups -OCH3 is 1. The Bertz CT molecular complexity index is 1900. The molecule has 0 bridgehead atoms. The van der Waals surface area contributed by atoms with E-state index in [0.29, 0.717) is 55.8 Å². The maximum atomic E-state index is 13.9. The van der Waals surface area contributed by atoms with E-state index in [1.165, 1.54) is 30.6 Å². The zero-order chi connectivity index (χ0) is 30.1. The lowest BCUT2D eigenvalue weighted by molar-refractivity contribution is -0.384. The Kier molecular flexibility index (Phi) is 8.15. The smallest absolute Gasteiger partial charge is 0.273 e. The normalized spacial score (nSPS) is 14.9. The van der Waals surface area contributed by atoms with Crippen molar-refractivity contribution in [1.82, 2.24) is 9.47 Å². The van der Waals surface area contributed by atoms with Crippen LogP contribution < -0.4 is 19.6 Å². The fraction of sp³-hybridized carbons (Fsp3) is 0.233. The van der Waals surface area contributed by atoms with Crippen LogP contribution in [0.15, 0.2) is 80.1 Å². The van der Waals surface area contributed by atoms with E-state index in [-0.39, 0.29) is 22.9 Å². The third-order valence-electron chi connectivity index (χ3n) is 7.05. The molecule has 0 radical (unpaired) electrons. The Morgan fingerprint density at radius 2 is 1.90 bits per heavy atom. The second-order valence-electron chi connectivity index (χ2n) is 9.45. The van der Waals surface area contributed by atoms with Gasteiger partial charge in [-0.15, -0.1) is 0 Å². The van der Waals surface area contributed by atoms with Crippen molar-refractivity contribution in [2.24, 2.45) is 4.99 Å². The number of likely N-dealkylation sites (N-methyl/N-ethyl adjacent to an activating group) is 1. The number of furan rings is 1. The van der Waals surface area contributed by atoms with E-state index < -0.39 is 11.0 Å². The van der Waals surface area contributed by atoms with Gasteiger partial charge in [-0.05, 0) is 56.7 Å². The minimum Gasteiger partial charge on any atom is -0.496 e. The Labute approximate surface area is 249 Å². The molecule has 2 aromatic carbocycles. The highest BCUT2D eigenvalue weighted by atomic mass is 35.5. The number of carbonyl (C=O) groups excluding carboxylic acids is 1. The molecule has 12 heteroatoms. The van der Waals surface area contributed by atoms with Gasteiger partial charge in [0.1, 0.15) is 17.3 Å². The highest BCUT2D eigenvalue weighted by molar-refractivity contribution is 7.07. The number of nitro benzene ring substituents is 1. The Balaban J connectivity index is 1.62. The average molecular weight is 607 g/mol. The highest BCUT2D eigenvalue weighted by Crippen LogP contribution is 2.35. The second-order valence-corrected chi connectivity index (χ2v) is 10.9. The Hall–Kier alpha value is -4.48. The molecule has 2 aromatic heterocycles. The summed E-state index contributed by atoms with van der Waals surface area (Å²) in [7, 11) is 1.42. The van der Waals surface area contributed by atoms with Crippen LogP contribution in [0.5, 0.6) is 5.75 Å². The molecular formula is C30H27ClN4O6S. The van der Waals surface area contributed by atoms with E-state index in [9.17, 15) is 19.7 Å². The summed E-state index contributed by atoms with van der Waals surface area (Å²) in [6, 6.07) is 14.1. The van der Waals surface area contributed by atoms with Crippen molar-refractivity contribution < 1.29 is 18.9 Å². The first kappa shape index (κ1) is 29.0. The number of thiazole rings is 1. The maximum Gasteiger partial charge on any atom is 0.273 e. The number of carbonyl (C=O) groups is 1. The second kappa shape index (κ2) is 11.8. The van der Waals surface area contributed by atoms with E-state index in [0.717, 1.165) is 5.56 Å². The molecular weight excluding hydrogens is 580 g/mol. The first-order chi connectivity index (χ1) is 20.2. The van der Waals surface area contributed by atoms with Crippen LogP contribution in [0.3, 0.4) is 0 Å². The molecule has 1 aliphatic rings. The van der Waals surface area contributed by atoms with Crippen LogP contribution in [0.1, 0.15) is 38.1 Å². The topological polar surface area (TPSA) is 120 Å². The molecule has 42 heavy (non-hydrogen) atoms. The Morgan fingerprint density at radius 1 is 1.19 bits per heavy atom. The lowest BCUT2D eigenvalue weighted by Gasteiger charge is -2.29. The van der Waals surface area contributed by atoms with Gasteiger partial charge in [0.05, 0.1) is 45.5 Å². The molecule has 1 amide bonds. The quantitative estimate of drug-likeness (QED) is 0.207. The molecule has 3 heterocycles. The average Bonchev–Trinajstić information content (AvgIpc) is 3.56. The summed E-state index contributed by atoms with van der Waals surface area (Å²) < 4.78 is 13.3. The van der Waals surface area contributed by atoms with Gasteiger partial charge in [0.2, 0.25) is 0 Å². The fourth-order valence-corrected chi connectivity index (χ4v) is 6.09. The fourth-order valence-electron chi connectivity index (χ4n) is 4.94. The van der Waals surface area contributed by atoms with Gasteiger partial charge >= 0.3 is 0 Å². The molecule has 0 saturated carbocycles. The molecule has 1 aliphatic heterocycles. The van der Waals surface area contributed by atoms with Crippen molar-refractivity contribution in [2.45, 2.75) is 26.8 Å². The number of non-ortho nitro benzene ring substituents is 1. The van der Waals surface area contributed by atoms with E-state index in [4.69, 9.17) is 20.8 Å². The van der Waals surface area contributed by atoms with Gasteiger partial charge in [0, 0.05) is 30.3 Å². The number of hydrogen-bond donors (Lipinski definition) is 0. The summed E-state index contributed by atoms with van der Waals surface area (Å²) in [6.45, 7) is 6.64. The minimum atomic E-state index is -0.690. The van der Waals surface area contributed by atoms with Crippen molar-refractivity contribution in [3.63, 3.8) is 0 Å². The first-order valence-corrected chi connectivity index (χ1v) is 14.4. The zero-order valence-electron chi connectivity index (χ0n) is 23.3. The van der Waals surface area contributed by atoms with E-state index >= 15 is 0 Å². The van der Waals surface area contributed by atoms with Crippen molar-refractivity contribution in [3.8, 4) is 17.1 Å². The van der Waals surface area contributed by atoms with Gasteiger partial charge in [-0.2, -0.15) is 0 Å². The summed E-state index contributed by atoms with van der Waals surface area (Å²) in [5.74, 6) is 0.924. The van der Waals surface area contributed by atoms with Crippen LogP contribution in [0, 0.1) is 10.1 Å². The number of nitro groups is 1. The van der Waals surface area contributed by atoms with Gasteiger partial charge in [-0.1, -0.05) is 35.1 Å². The van der Waals surface area contributed by atoms with E-state index in [1.807, 2.05) is 26.0 Å². The molecule has 216 valence electrons. The molecule has 0 spiro atoms. The summed E-state index contributed by atoms with van der Waals surface area (Å²) in [6.07, 6.45) is 1.62. The van der Waals surface area contributed by atoms with Crippen LogP contribution >= 0.6 is 22.9 Å². The summed E-state index contributed by atoms with van der Waals surface area (Å²) in [5.41, 5.74) is 1.83. The lowest BCUT2D eigenvalue weighted by Crippen LogP contribution is -2.43. The number of rotatable bonds is 8. The largest absolute Gasteiger partial charge is 0.496 e. The minimum absolute atomic E-state index is 0.104. The van der Waals surface area contributed by atoms with Crippen LogP contribution in [-0.4, -0.2) is 40.5 Å². The predicted octanol–water partition coefficient (Wildman–Crippen LogP) is 4.93. The number of amides is 1. The molecule has 0 saturated heterocycles. The van der Waals surface area contributed by atoms with Gasteiger partial charge in [-0.25, -0.2) is 4.99 Å². The number of benzene rings is 2. The number of hydrogen-bond acceptors (Lipinski definition) is 8. The summed E-state index contributed by atoms with van der Waals surface area (Å²) in [4.78, 5) is 45.1.